The van der Waals surface area contributed by atoms with E-state index in [1.807, 2.05) is 0 Å². The van der Waals surface area contributed by atoms with Crippen LogP contribution < -0.4 is 0 Å². The molecule has 0 saturated carbocycles. The molecule has 3 nitrogen and oxygen atoms in total. The highest BCUT2D eigenvalue weighted by molar-refractivity contribution is 7.89. The summed E-state index contributed by atoms with van der Waals surface area (Å²) in [5, 5.41) is 0. The van der Waals surface area contributed by atoms with Crippen molar-refractivity contribution in [2.75, 3.05) is 19.3 Å². The average molecular weight is 177 g/mol. The molecule has 11 heavy (non-hydrogen) atoms. The monoisotopic (exact) mass is 177 g/mol. The Morgan fingerprint density at radius 3 is 2.64 bits per heavy atom. The first-order valence-electron chi connectivity index (χ1n) is 4.00. The molecule has 66 valence electrons. The Kier molecular flexibility index (Phi) is 2.54. The van der Waals surface area contributed by atoms with Crippen LogP contribution in [0.15, 0.2) is 0 Å². The van der Waals surface area contributed by atoms with Gasteiger partial charge in [-0.15, -0.1) is 0 Å². The lowest BCUT2D eigenvalue weighted by atomic mass is 10.0. The molecule has 1 atom stereocenters. The Morgan fingerprint density at radius 1 is 1.55 bits per heavy atom. The minimum absolute atomic E-state index is 0.335. The molecule has 0 amide bonds. The average Bonchev–Trinajstić information content (AvgIpc) is 1.95. The molecule has 0 aromatic rings. The molecule has 0 spiro atoms. The van der Waals surface area contributed by atoms with Crippen molar-refractivity contribution in [2.24, 2.45) is 5.92 Å². The Hall–Kier alpha value is -0.0900. The maximum Gasteiger partial charge on any atom is 0.213 e. The van der Waals surface area contributed by atoms with Crippen molar-refractivity contribution in [1.82, 2.24) is 4.31 Å². The van der Waals surface area contributed by atoms with E-state index in [0.29, 0.717) is 18.2 Å². The fraction of sp³-hybridized carbons (Fsp3) is 1.00. The number of sulfonamides is 1. The molecular weight excluding hydrogens is 162 g/mol. The van der Waals surface area contributed by atoms with Crippen LogP contribution in [0.1, 0.15) is 19.8 Å². The van der Waals surface area contributed by atoms with Crippen LogP contribution in [-0.2, 0) is 10.0 Å². The van der Waals surface area contributed by atoms with E-state index in [1.54, 1.807) is 7.05 Å². The van der Waals surface area contributed by atoms with Gasteiger partial charge in [0.2, 0.25) is 10.0 Å². The van der Waals surface area contributed by atoms with E-state index < -0.39 is 10.0 Å². The Bertz CT molecular complexity index is 223. The van der Waals surface area contributed by atoms with E-state index in [9.17, 15) is 8.42 Å². The second kappa shape index (κ2) is 3.11. The van der Waals surface area contributed by atoms with Gasteiger partial charge in [-0.3, -0.25) is 0 Å². The van der Waals surface area contributed by atoms with Gasteiger partial charge in [-0.25, -0.2) is 12.7 Å². The highest BCUT2D eigenvalue weighted by Crippen LogP contribution is 2.19. The van der Waals surface area contributed by atoms with Gasteiger partial charge in [0.25, 0.3) is 0 Å². The topological polar surface area (TPSA) is 37.4 Å². The fourth-order valence-electron chi connectivity index (χ4n) is 1.37. The summed E-state index contributed by atoms with van der Waals surface area (Å²) in [4.78, 5) is 0. The molecule has 1 aliphatic heterocycles. The third kappa shape index (κ3) is 1.93. The van der Waals surface area contributed by atoms with Gasteiger partial charge < -0.3 is 0 Å². The van der Waals surface area contributed by atoms with Gasteiger partial charge in [-0.05, 0) is 12.3 Å². The molecule has 0 aromatic carbocycles. The summed E-state index contributed by atoms with van der Waals surface area (Å²) in [6, 6.07) is 0. The molecular formula is C7H15NO2S. The highest BCUT2D eigenvalue weighted by atomic mass is 32.2. The van der Waals surface area contributed by atoms with E-state index in [1.165, 1.54) is 4.31 Å². The van der Waals surface area contributed by atoms with E-state index in [0.717, 1.165) is 12.8 Å². The summed E-state index contributed by atoms with van der Waals surface area (Å²) in [6.45, 7) is 2.81. The highest BCUT2D eigenvalue weighted by Gasteiger charge is 2.27. The minimum Gasteiger partial charge on any atom is -0.212 e. The van der Waals surface area contributed by atoms with Gasteiger partial charge >= 0.3 is 0 Å². The summed E-state index contributed by atoms with van der Waals surface area (Å²) >= 11 is 0. The summed E-state index contributed by atoms with van der Waals surface area (Å²) < 4.78 is 23.8. The number of nitrogens with zero attached hydrogens (tertiary/aromatic N) is 1. The van der Waals surface area contributed by atoms with E-state index in [-0.39, 0.29) is 0 Å². The molecule has 0 aromatic heterocycles. The predicted octanol–water partition coefficient (Wildman–Crippen LogP) is 0.678. The van der Waals surface area contributed by atoms with Crippen molar-refractivity contribution in [1.29, 1.82) is 0 Å². The lowest BCUT2D eigenvalue weighted by molar-refractivity contribution is 0.340. The van der Waals surface area contributed by atoms with Crippen LogP contribution in [0, 0.1) is 5.92 Å². The van der Waals surface area contributed by atoms with Crippen molar-refractivity contribution < 1.29 is 8.42 Å². The molecule has 0 N–H and O–H groups in total. The molecule has 0 bridgehead atoms. The zero-order chi connectivity index (χ0) is 8.48. The van der Waals surface area contributed by atoms with Crippen LogP contribution >= 0.6 is 0 Å². The van der Waals surface area contributed by atoms with Gasteiger partial charge in [0.1, 0.15) is 0 Å². The van der Waals surface area contributed by atoms with Crippen molar-refractivity contribution >= 4 is 10.0 Å². The van der Waals surface area contributed by atoms with Crippen molar-refractivity contribution in [3.8, 4) is 0 Å². The molecule has 1 saturated heterocycles. The zero-order valence-electron chi connectivity index (χ0n) is 7.08. The predicted molar refractivity (Wildman–Crippen MR) is 44.8 cm³/mol. The Morgan fingerprint density at radius 2 is 2.18 bits per heavy atom. The van der Waals surface area contributed by atoms with Crippen molar-refractivity contribution in [2.45, 2.75) is 19.8 Å². The van der Waals surface area contributed by atoms with E-state index in [2.05, 4.69) is 6.92 Å². The van der Waals surface area contributed by atoms with Gasteiger partial charge in [0.15, 0.2) is 0 Å². The maximum atomic E-state index is 11.2. The molecule has 1 rings (SSSR count). The fourth-order valence-corrected chi connectivity index (χ4v) is 2.75. The zero-order valence-corrected chi connectivity index (χ0v) is 7.89. The molecule has 1 aliphatic rings. The normalized spacial score (nSPS) is 32.0. The minimum atomic E-state index is -2.87. The lowest BCUT2D eigenvalue weighted by Crippen LogP contribution is -2.39. The summed E-state index contributed by atoms with van der Waals surface area (Å²) in [5.74, 6) is 0.908. The van der Waals surface area contributed by atoms with Gasteiger partial charge in [-0.2, -0.15) is 0 Å². The number of hydrogen-bond acceptors (Lipinski definition) is 2. The van der Waals surface area contributed by atoms with Gasteiger partial charge in [-0.1, -0.05) is 13.3 Å². The van der Waals surface area contributed by atoms with Crippen LogP contribution in [0.25, 0.3) is 0 Å². The summed E-state index contributed by atoms with van der Waals surface area (Å²) in [6.07, 6.45) is 1.92. The van der Waals surface area contributed by atoms with Crippen LogP contribution in [0.2, 0.25) is 0 Å². The third-order valence-corrected chi connectivity index (χ3v) is 4.20. The second-order valence-corrected chi connectivity index (χ2v) is 5.35. The largest absolute Gasteiger partial charge is 0.213 e. The third-order valence-electron chi connectivity index (χ3n) is 2.35. The smallest absolute Gasteiger partial charge is 0.212 e. The first kappa shape index (κ1) is 9.00. The molecule has 0 aliphatic carbocycles. The van der Waals surface area contributed by atoms with Crippen molar-refractivity contribution in [3.05, 3.63) is 0 Å². The Labute approximate surface area is 68.4 Å². The van der Waals surface area contributed by atoms with Gasteiger partial charge in [0.05, 0.1) is 5.75 Å². The quantitative estimate of drug-likeness (QED) is 0.590. The molecule has 1 fully saturated rings. The number of rotatable bonds is 1. The Balaban J connectivity index is 2.62. The standard InChI is InChI=1S/C7H15NO2S/c1-3-7-4-5-11(9,10)8(2)6-7/h7H,3-6H2,1-2H3/t7-/m1/s1. The first-order valence-corrected chi connectivity index (χ1v) is 5.61. The van der Waals surface area contributed by atoms with Crippen LogP contribution in [-0.4, -0.2) is 32.1 Å². The first-order chi connectivity index (χ1) is 5.06. The van der Waals surface area contributed by atoms with Crippen LogP contribution in [0.3, 0.4) is 0 Å². The molecule has 1 heterocycles. The van der Waals surface area contributed by atoms with Crippen LogP contribution in [0.4, 0.5) is 0 Å². The molecule has 4 heteroatoms. The molecule has 0 radical (unpaired) electrons. The van der Waals surface area contributed by atoms with Crippen LogP contribution in [0.5, 0.6) is 0 Å². The van der Waals surface area contributed by atoms with E-state index >= 15 is 0 Å². The maximum absolute atomic E-state index is 11.2. The van der Waals surface area contributed by atoms with Crippen molar-refractivity contribution in [3.63, 3.8) is 0 Å². The number of hydrogen-bond donors (Lipinski definition) is 0. The summed E-state index contributed by atoms with van der Waals surface area (Å²) in [7, 11) is -1.21. The molecule has 0 unspecified atom stereocenters. The van der Waals surface area contributed by atoms with Gasteiger partial charge in [0, 0.05) is 13.6 Å². The lowest BCUT2D eigenvalue weighted by Gasteiger charge is -2.28. The second-order valence-electron chi connectivity index (χ2n) is 3.16. The SMILES string of the molecule is CC[C@@H]1CCS(=O)(=O)N(C)C1. The van der Waals surface area contributed by atoms with E-state index in [4.69, 9.17) is 0 Å². The summed E-state index contributed by atoms with van der Waals surface area (Å²) in [5.41, 5.74) is 0.